The number of rotatable bonds is 1. The number of halogens is 1. The van der Waals surface area contributed by atoms with E-state index in [1.807, 2.05) is 21.2 Å². The van der Waals surface area contributed by atoms with Gasteiger partial charge in [-0.1, -0.05) is 5.92 Å². The predicted octanol–water partition coefficient (Wildman–Crippen LogP) is 1.69. The normalized spacial score (nSPS) is 16.6. The molecular weight excluding hydrogens is 425 g/mol. The number of hydrogen-bond acceptors (Lipinski definition) is 6. The number of amides is 1. The molecule has 1 aliphatic heterocycles. The molecule has 0 radical (unpaired) electrons. The van der Waals surface area contributed by atoms with E-state index in [9.17, 15) is 9.00 Å². The third kappa shape index (κ3) is 4.57. The number of hydrogen-bond donors (Lipinski definition) is 1. The van der Waals surface area contributed by atoms with Crippen molar-refractivity contribution >= 4 is 51.6 Å². The Kier molecular flexibility index (Phi) is 5.86. The Balaban J connectivity index is 2.31. The Morgan fingerprint density at radius 1 is 1.52 bits per heavy atom. The highest BCUT2D eigenvalue weighted by Crippen LogP contribution is 2.14. The number of nitrogens with zero attached hydrogens (tertiary/aromatic N) is 2. The third-order valence-electron chi connectivity index (χ3n) is 2.73. The Bertz CT molecular complexity index is 721. The van der Waals surface area contributed by atoms with E-state index in [0.29, 0.717) is 18.8 Å². The minimum Gasteiger partial charge on any atom is -0.383 e. The van der Waals surface area contributed by atoms with Gasteiger partial charge in [0.2, 0.25) is 0 Å². The fourth-order valence-electron chi connectivity index (χ4n) is 1.64. The van der Waals surface area contributed by atoms with Crippen molar-refractivity contribution in [3.8, 4) is 11.2 Å². The van der Waals surface area contributed by atoms with E-state index in [2.05, 4.69) is 20.5 Å². The Labute approximate surface area is 139 Å². The zero-order chi connectivity index (χ0) is 15.3. The summed E-state index contributed by atoms with van der Waals surface area (Å²) >= 11 is 2.03. The zero-order valence-electron chi connectivity index (χ0n) is 10.9. The highest BCUT2D eigenvalue weighted by molar-refractivity contribution is 14.2. The molecule has 21 heavy (non-hydrogen) atoms. The van der Waals surface area contributed by atoms with Crippen LogP contribution in [-0.2, 0) is 14.5 Å². The van der Waals surface area contributed by atoms with Gasteiger partial charge in [-0.05, 0) is 20.3 Å². The van der Waals surface area contributed by atoms with E-state index in [0.717, 1.165) is 0 Å². The molecular formula is C12H12IN3O3S2. The van der Waals surface area contributed by atoms with E-state index in [-0.39, 0.29) is 22.9 Å². The summed E-state index contributed by atoms with van der Waals surface area (Å²) in [6.07, 6.45) is 1.33. The molecule has 2 N–H and O–H groups in total. The number of nitrogens with two attached hydrogens (primary N) is 1. The van der Waals surface area contributed by atoms with Crippen LogP contribution in [0.3, 0.4) is 0 Å². The number of aromatic nitrogens is 1. The second-order valence-corrected chi connectivity index (χ2v) is 8.37. The molecule has 0 bridgehead atoms. The Hall–Kier alpha value is -0.830. The highest BCUT2D eigenvalue weighted by atomic mass is 127. The van der Waals surface area contributed by atoms with Gasteiger partial charge in [-0.15, -0.1) is 0 Å². The van der Waals surface area contributed by atoms with Gasteiger partial charge < -0.3 is 10.5 Å². The van der Waals surface area contributed by atoms with E-state index < -0.39 is 15.6 Å². The molecule has 1 aliphatic rings. The molecule has 6 nitrogen and oxygen atoms in total. The van der Waals surface area contributed by atoms with E-state index >= 15 is 0 Å². The lowest BCUT2D eigenvalue weighted by Gasteiger charge is -2.15. The minimum atomic E-state index is -2.53. The van der Waals surface area contributed by atoms with Gasteiger partial charge in [-0.25, -0.2) is 9.19 Å². The fraction of sp³-hybridized carbons (Fsp3) is 0.333. The first kappa shape index (κ1) is 16.5. The van der Waals surface area contributed by atoms with Crippen molar-refractivity contribution in [1.82, 2.24) is 4.98 Å². The van der Waals surface area contributed by atoms with Gasteiger partial charge in [0.1, 0.15) is 5.82 Å². The molecule has 1 aromatic rings. The van der Waals surface area contributed by atoms with Crippen molar-refractivity contribution in [2.75, 3.05) is 30.5 Å². The largest absolute Gasteiger partial charge is 0.383 e. The molecule has 0 atom stereocenters. The van der Waals surface area contributed by atoms with Gasteiger partial charge in [0.25, 0.3) is 5.91 Å². The van der Waals surface area contributed by atoms with Crippen molar-refractivity contribution in [3.63, 3.8) is 0 Å². The summed E-state index contributed by atoms with van der Waals surface area (Å²) in [6.45, 7) is 0.721. The Morgan fingerprint density at radius 3 is 2.90 bits per heavy atom. The maximum atomic E-state index is 12.4. The van der Waals surface area contributed by atoms with Crippen molar-refractivity contribution in [1.29, 1.82) is 0 Å². The van der Waals surface area contributed by atoms with Gasteiger partial charge >= 0.3 is 0 Å². The van der Waals surface area contributed by atoms with Gasteiger partial charge in [-0.2, -0.15) is 4.36 Å². The van der Waals surface area contributed by atoms with Crippen molar-refractivity contribution in [2.24, 2.45) is 4.36 Å². The third-order valence-corrected chi connectivity index (χ3v) is 5.68. The van der Waals surface area contributed by atoms with E-state index in [1.165, 1.54) is 21.2 Å². The van der Waals surface area contributed by atoms with Crippen molar-refractivity contribution in [3.05, 3.63) is 23.4 Å². The molecule has 2 rings (SSSR count). The lowest BCUT2D eigenvalue weighted by atomic mass is 10.2. The van der Waals surface area contributed by atoms with Crippen LogP contribution < -0.4 is 5.73 Å². The van der Waals surface area contributed by atoms with Gasteiger partial charge in [0.05, 0.1) is 45.6 Å². The molecule has 1 saturated heterocycles. The smallest absolute Gasteiger partial charge is 0.286 e. The number of nitrogen functional groups attached to an aromatic ring is 1. The van der Waals surface area contributed by atoms with Crippen LogP contribution in [0.2, 0.25) is 0 Å². The average molecular weight is 437 g/mol. The second-order valence-electron chi connectivity index (χ2n) is 4.15. The SMILES string of the molecule is Nc1ncc(C(=O)N=S2(=O)CCOCC2)cc1C#CSI. The summed E-state index contributed by atoms with van der Waals surface area (Å²) < 4.78 is 21.4. The first-order chi connectivity index (χ1) is 10.0. The first-order valence-corrected chi connectivity index (χ1v) is 11.1. The molecule has 0 aliphatic carbocycles. The average Bonchev–Trinajstić information content (AvgIpc) is 2.46. The second kappa shape index (κ2) is 7.44. The number of carbonyl (C=O) groups is 1. The van der Waals surface area contributed by atoms with Crippen LogP contribution in [0.1, 0.15) is 15.9 Å². The molecule has 1 fully saturated rings. The van der Waals surface area contributed by atoms with Crippen molar-refractivity contribution in [2.45, 2.75) is 0 Å². The van der Waals surface area contributed by atoms with Crippen LogP contribution >= 0.6 is 30.1 Å². The van der Waals surface area contributed by atoms with Crippen LogP contribution in [0.15, 0.2) is 16.6 Å². The topological polar surface area (TPSA) is 94.6 Å². The van der Waals surface area contributed by atoms with Crippen LogP contribution in [0.4, 0.5) is 5.82 Å². The molecule has 1 amide bonds. The summed E-state index contributed by atoms with van der Waals surface area (Å²) in [4.78, 5) is 16.1. The maximum absolute atomic E-state index is 12.4. The molecule has 1 aromatic heterocycles. The van der Waals surface area contributed by atoms with Crippen molar-refractivity contribution < 1.29 is 13.7 Å². The number of pyridine rings is 1. The van der Waals surface area contributed by atoms with Gasteiger partial charge in [0.15, 0.2) is 0 Å². The Morgan fingerprint density at radius 2 is 2.24 bits per heavy atom. The molecule has 112 valence electrons. The summed E-state index contributed by atoms with van der Waals surface area (Å²) in [5, 5.41) is 2.78. The van der Waals surface area contributed by atoms with E-state index in [1.54, 1.807) is 0 Å². The van der Waals surface area contributed by atoms with Crippen LogP contribution in [0, 0.1) is 11.2 Å². The molecule has 0 aromatic carbocycles. The molecule has 0 spiro atoms. The zero-order valence-corrected chi connectivity index (χ0v) is 14.7. The maximum Gasteiger partial charge on any atom is 0.286 e. The minimum absolute atomic E-state index is 0.237. The lowest BCUT2D eigenvalue weighted by Crippen LogP contribution is -2.26. The lowest BCUT2D eigenvalue weighted by molar-refractivity contribution is 0.100. The van der Waals surface area contributed by atoms with Crippen LogP contribution in [0.5, 0.6) is 0 Å². The van der Waals surface area contributed by atoms with E-state index in [4.69, 9.17) is 10.5 Å². The summed E-state index contributed by atoms with van der Waals surface area (Å²) in [5.41, 5.74) is 6.40. The molecule has 9 heteroatoms. The number of ether oxygens (including phenoxy) is 1. The van der Waals surface area contributed by atoms with Gasteiger partial charge in [0, 0.05) is 27.4 Å². The highest BCUT2D eigenvalue weighted by Gasteiger charge is 2.18. The fourth-order valence-corrected chi connectivity index (χ4v) is 3.67. The number of carbonyl (C=O) groups excluding carboxylic acids is 1. The van der Waals surface area contributed by atoms with Crippen LogP contribution in [0.25, 0.3) is 0 Å². The van der Waals surface area contributed by atoms with Crippen LogP contribution in [-0.4, -0.2) is 39.8 Å². The standard InChI is InChI=1S/C12H12IN3O3S2/c13-20-4-1-9-7-10(8-15-11(9)14)12(17)16-21(18)5-2-19-3-6-21/h7-8H,2-3,5-6H2,(H2,14,15). The molecule has 0 unspecified atom stereocenters. The first-order valence-electron chi connectivity index (χ1n) is 5.93. The number of anilines is 1. The summed E-state index contributed by atoms with van der Waals surface area (Å²) in [5.74, 6) is 3.05. The van der Waals surface area contributed by atoms with Gasteiger partial charge in [-0.3, -0.25) is 4.79 Å². The quantitative estimate of drug-likeness (QED) is 0.531. The summed E-state index contributed by atoms with van der Waals surface area (Å²) in [7, 11) is -1.22. The molecule has 0 saturated carbocycles. The predicted molar refractivity (Wildman–Crippen MR) is 92.6 cm³/mol. The monoisotopic (exact) mass is 437 g/mol. The molecule has 2 heterocycles. The summed E-state index contributed by atoms with van der Waals surface area (Å²) in [6, 6.07) is 1.52.